The highest BCUT2D eigenvalue weighted by Gasteiger charge is 2.18. The normalized spacial score (nSPS) is 15.0. The summed E-state index contributed by atoms with van der Waals surface area (Å²) in [6, 6.07) is 8.66. The van der Waals surface area contributed by atoms with Gasteiger partial charge in [-0.05, 0) is 39.3 Å². The van der Waals surface area contributed by atoms with Gasteiger partial charge in [-0.15, -0.1) is 0 Å². The van der Waals surface area contributed by atoms with Crippen molar-refractivity contribution in [3.63, 3.8) is 0 Å². The number of anilines is 2. The van der Waals surface area contributed by atoms with Gasteiger partial charge < -0.3 is 10.6 Å². The van der Waals surface area contributed by atoms with Crippen LogP contribution in [0.4, 0.5) is 11.4 Å². The molecule has 2 N–H and O–H groups in total. The first-order chi connectivity index (χ1) is 13.4. The quantitative estimate of drug-likeness (QED) is 0.767. The minimum Gasteiger partial charge on any atom is -0.394 e. The van der Waals surface area contributed by atoms with Crippen molar-refractivity contribution < 1.29 is 4.79 Å². The molecule has 0 saturated carbocycles. The third kappa shape index (κ3) is 4.42. The van der Waals surface area contributed by atoms with Crippen molar-refractivity contribution in [1.29, 1.82) is 0 Å². The number of piperazine rings is 1. The second-order valence-corrected chi connectivity index (χ2v) is 7.48. The van der Waals surface area contributed by atoms with Crippen LogP contribution in [0.25, 0.3) is 0 Å². The number of ketones is 1. The largest absolute Gasteiger partial charge is 0.394 e. The maximum absolute atomic E-state index is 12.4. The van der Waals surface area contributed by atoms with Gasteiger partial charge in [0.15, 0.2) is 5.78 Å². The number of hydrogen-bond acceptors (Lipinski definition) is 6. The van der Waals surface area contributed by atoms with Crippen LogP contribution in [0.5, 0.6) is 0 Å². The molecule has 1 aromatic heterocycles. The predicted molar refractivity (Wildman–Crippen MR) is 112 cm³/mol. The molecule has 1 aliphatic heterocycles. The summed E-state index contributed by atoms with van der Waals surface area (Å²) in [5, 5.41) is 4.27. The van der Waals surface area contributed by atoms with E-state index in [9.17, 15) is 9.59 Å². The summed E-state index contributed by atoms with van der Waals surface area (Å²) < 4.78 is 1.39. The molecular formula is C21H29N5O2. The maximum atomic E-state index is 12.4. The number of carbonyl (C=O) groups excluding carboxylic acids is 1. The van der Waals surface area contributed by atoms with Gasteiger partial charge in [0.2, 0.25) is 0 Å². The number of carbonyl (C=O) groups is 1. The van der Waals surface area contributed by atoms with Crippen molar-refractivity contribution in [2.75, 3.05) is 43.4 Å². The van der Waals surface area contributed by atoms with Gasteiger partial charge in [-0.3, -0.25) is 14.5 Å². The Balaban J connectivity index is 1.52. The maximum Gasteiger partial charge on any atom is 0.290 e. The molecule has 0 aliphatic carbocycles. The minimum absolute atomic E-state index is 0.00621. The summed E-state index contributed by atoms with van der Waals surface area (Å²) in [5.41, 5.74) is 8.81. The Hall–Kier alpha value is -2.67. The summed E-state index contributed by atoms with van der Waals surface area (Å²) in [6.45, 7) is 10.6. The molecule has 3 rings (SSSR count). The summed E-state index contributed by atoms with van der Waals surface area (Å²) >= 11 is 0. The molecule has 7 nitrogen and oxygen atoms in total. The third-order valence-electron chi connectivity index (χ3n) is 5.33. The van der Waals surface area contributed by atoms with E-state index in [1.807, 2.05) is 0 Å². The van der Waals surface area contributed by atoms with Crippen LogP contribution >= 0.6 is 0 Å². The zero-order chi connectivity index (χ0) is 20.3. The number of nitrogens with zero attached hydrogens (tertiary/aromatic N) is 4. The lowest BCUT2D eigenvalue weighted by molar-refractivity contribution is 0.101. The third-order valence-corrected chi connectivity index (χ3v) is 5.33. The lowest BCUT2D eigenvalue weighted by Gasteiger charge is -2.36. The summed E-state index contributed by atoms with van der Waals surface area (Å²) in [7, 11) is 0. The highest BCUT2D eigenvalue weighted by atomic mass is 16.1. The molecule has 28 heavy (non-hydrogen) atoms. The number of aromatic nitrogens is 2. The van der Waals surface area contributed by atoms with Crippen LogP contribution in [0.2, 0.25) is 0 Å². The Labute approximate surface area is 165 Å². The van der Waals surface area contributed by atoms with Crippen molar-refractivity contribution in [3.05, 3.63) is 51.4 Å². The second kappa shape index (κ2) is 8.56. The van der Waals surface area contributed by atoms with Crippen LogP contribution < -0.4 is 16.2 Å². The number of benzene rings is 1. The Morgan fingerprint density at radius 2 is 1.71 bits per heavy atom. The first-order valence-electron chi connectivity index (χ1n) is 9.79. The molecule has 2 aromatic rings. The highest BCUT2D eigenvalue weighted by molar-refractivity contribution is 5.99. The molecule has 2 heterocycles. The predicted octanol–water partition coefficient (Wildman–Crippen LogP) is 1.86. The van der Waals surface area contributed by atoms with Crippen LogP contribution in [-0.2, 0) is 6.54 Å². The molecule has 0 atom stereocenters. The van der Waals surface area contributed by atoms with E-state index in [0.29, 0.717) is 12.2 Å². The van der Waals surface area contributed by atoms with E-state index < -0.39 is 0 Å². The van der Waals surface area contributed by atoms with Crippen molar-refractivity contribution in [2.45, 2.75) is 33.7 Å². The average molecular weight is 383 g/mol. The fourth-order valence-electron chi connectivity index (χ4n) is 3.74. The van der Waals surface area contributed by atoms with Gasteiger partial charge in [0.1, 0.15) is 5.69 Å². The summed E-state index contributed by atoms with van der Waals surface area (Å²) in [5.74, 6) is -0.224. The topological polar surface area (TPSA) is 84.5 Å². The molecule has 0 amide bonds. The molecule has 150 valence electrons. The number of hydrogen-bond donors (Lipinski definition) is 1. The Bertz CT molecular complexity index is 896. The Morgan fingerprint density at radius 3 is 2.32 bits per heavy atom. The summed E-state index contributed by atoms with van der Waals surface area (Å²) in [6.07, 6.45) is 0.815. The van der Waals surface area contributed by atoms with Crippen LogP contribution in [0, 0.1) is 13.8 Å². The second-order valence-electron chi connectivity index (χ2n) is 7.48. The number of nitrogen functional groups attached to an aromatic ring is 1. The number of Topliss-reactive ketones (excluding diaryl/α,β-unsaturated/α-hetero) is 1. The van der Waals surface area contributed by atoms with Gasteiger partial charge in [-0.25, -0.2) is 4.68 Å². The van der Waals surface area contributed by atoms with Crippen molar-refractivity contribution >= 4 is 17.2 Å². The molecule has 0 radical (unpaired) electrons. The van der Waals surface area contributed by atoms with E-state index in [1.54, 1.807) is 6.92 Å². The summed E-state index contributed by atoms with van der Waals surface area (Å²) in [4.78, 5) is 28.8. The molecule has 0 spiro atoms. The first-order valence-corrected chi connectivity index (χ1v) is 9.79. The molecule has 0 unspecified atom stereocenters. The van der Waals surface area contributed by atoms with E-state index in [2.05, 4.69) is 46.1 Å². The Kier molecular flexibility index (Phi) is 6.14. The lowest BCUT2D eigenvalue weighted by atomic mass is 10.1. The van der Waals surface area contributed by atoms with Gasteiger partial charge in [0.25, 0.3) is 5.56 Å². The standard InChI is InChI=1S/C21H29N5O2/c1-15-5-7-18(8-6-15)25-13-11-24(12-14-25)9-4-10-26-21(28)20(22)19(17(3)27)16(2)23-26/h5-8H,4,9-14,22H2,1-3H3. The number of rotatable bonds is 6. The fraction of sp³-hybridized carbons (Fsp3) is 0.476. The van der Waals surface area contributed by atoms with Crippen LogP contribution in [0.15, 0.2) is 29.1 Å². The number of aryl methyl sites for hydroxylation is 3. The lowest BCUT2D eigenvalue weighted by Crippen LogP contribution is -2.46. The molecule has 1 aromatic carbocycles. The van der Waals surface area contributed by atoms with Crippen LogP contribution in [0.3, 0.4) is 0 Å². The van der Waals surface area contributed by atoms with Gasteiger partial charge in [0, 0.05) is 45.0 Å². The average Bonchev–Trinajstić information content (AvgIpc) is 2.66. The molecule has 1 fully saturated rings. The smallest absolute Gasteiger partial charge is 0.290 e. The van der Waals surface area contributed by atoms with Crippen molar-refractivity contribution in [1.82, 2.24) is 14.7 Å². The van der Waals surface area contributed by atoms with Gasteiger partial charge in [-0.1, -0.05) is 17.7 Å². The zero-order valence-corrected chi connectivity index (χ0v) is 16.9. The minimum atomic E-state index is -0.375. The van der Waals surface area contributed by atoms with E-state index in [-0.39, 0.29) is 22.6 Å². The fourth-order valence-corrected chi connectivity index (χ4v) is 3.74. The van der Waals surface area contributed by atoms with Crippen molar-refractivity contribution in [2.24, 2.45) is 0 Å². The first kappa shape index (κ1) is 20.1. The van der Waals surface area contributed by atoms with E-state index in [4.69, 9.17) is 5.73 Å². The van der Waals surface area contributed by atoms with Crippen LogP contribution in [-0.4, -0.2) is 53.2 Å². The molecule has 0 bridgehead atoms. The SMILES string of the molecule is CC(=O)c1c(C)nn(CCCN2CCN(c3ccc(C)cc3)CC2)c(=O)c1N. The van der Waals surface area contributed by atoms with Gasteiger partial charge >= 0.3 is 0 Å². The van der Waals surface area contributed by atoms with Gasteiger partial charge in [0.05, 0.1) is 11.3 Å². The monoisotopic (exact) mass is 383 g/mol. The van der Waals surface area contributed by atoms with E-state index in [0.717, 1.165) is 39.1 Å². The number of nitrogens with two attached hydrogens (primary N) is 1. The molecule has 1 aliphatic rings. The molecule has 7 heteroatoms. The van der Waals surface area contributed by atoms with Gasteiger partial charge in [-0.2, -0.15) is 5.10 Å². The molecule has 1 saturated heterocycles. The van der Waals surface area contributed by atoms with E-state index >= 15 is 0 Å². The van der Waals surface area contributed by atoms with Crippen LogP contribution in [0.1, 0.15) is 35.0 Å². The highest BCUT2D eigenvalue weighted by Crippen LogP contribution is 2.17. The zero-order valence-electron chi connectivity index (χ0n) is 16.9. The Morgan fingerprint density at radius 1 is 1.07 bits per heavy atom. The van der Waals surface area contributed by atoms with Crippen molar-refractivity contribution in [3.8, 4) is 0 Å². The molecular weight excluding hydrogens is 354 g/mol. The van der Waals surface area contributed by atoms with E-state index in [1.165, 1.54) is 22.9 Å².